The van der Waals surface area contributed by atoms with Gasteiger partial charge in [-0.3, -0.25) is 4.79 Å². The fraction of sp³-hybridized carbons (Fsp3) is 0.533. The molecule has 0 fully saturated rings. The molecule has 1 rings (SSSR count). The number of carboxylic acid groups (broad SMARTS) is 1. The molecule has 1 aromatic rings. The molecule has 5 heteroatoms. The Balaban J connectivity index is 3.00. The zero-order valence-corrected chi connectivity index (χ0v) is 12.4. The highest BCUT2D eigenvalue weighted by Crippen LogP contribution is 2.29. The van der Waals surface area contributed by atoms with Crippen molar-refractivity contribution >= 4 is 5.97 Å². The third-order valence-electron chi connectivity index (χ3n) is 3.44. The number of hydrogen-bond donors (Lipinski definition) is 3. The van der Waals surface area contributed by atoms with Crippen LogP contribution >= 0.6 is 0 Å². The van der Waals surface area contributed by atoms with Crippen molar-refractivity contribution in [1.82, 2.24) is 5.32 Å². The summed E-state index contributed by atoms with van der Waals surface area (Å²) >= 11 is 0. The summed E-state index contributed by atoms with van der Waals surface area (Å²) in [5.74, 6) is -0.179. The molecule has 0 aliphatic heterocycles. The number of benzene rings is 1. The van der Waals surface area contributed by atoms with E-state index in [1.54, 1.807) is 7.11 Å². The first-order valence-corrected chi connectivity index (χ1v) is 6.69. The van der Waals surface area contributed by atoms with Crippen LogP contribution in [0.4, 0.5) is 0 Å². The lowest BCUT2D eigenvalue weighted by Gasteiger charge is -2.25. The number of aryl methyl sites for hydroxylation is 2. The van der Waals surface area contributed by atoms with E-state index in [2.05, 4.69) is 5.32 Å². The maximum atomic E-state index is 10.6. The summed E-state index contributed by atoms with van der Waals surface area (Å²) in [5.41, 5.74) is 2.70. The summed E-state index contributed by atoms with van der Waals surface area (Å²) in [4.78, 5) is 10.6. The van der Waals surface area contributed by atoms with E-state index < -0.39 is 12.1 Å². The SMILES string of the molecule is CCC(NCC(=O)O)C(O)c1c(C)cc(OC)cc1C. The Kier molecular flexibility index (Phi) is 5.98. The Labute approximate surface area is 119 Å². The molecule has 0 spiro atoms. The second kappa shape index (κ2) is 7.26. The molecular formula is C15H23NO4. The smallest absolute Gasteiger partial charge is 0.317 e. The lowest BCUT2D eigenvalue weighted by atomic mass is 9.92. The summed E-state index contributed by atoms with van der Waals surface area (Å²) in [6.07, 6.45) is -0.107. The molecule has 5 nitrogen and oxygen atoms in total. The van der Waals surface area contributed by atoms with Gasteiger partial charge in [-0.1, -0.05) is 6.92 Å². The number of hydrogen-bond acceptors (Lipinski definition) is 4. The van der Waals surface area contributed by atoms with Gasteiger partial charge in [0.25, 0.3) is 0 Å². The van der Waals surface area contributed by atoms with Crippen molar-refractivity contribution in [1.29, 1.82) is 0 Å². The Bertz CT molecular complexity index is 450. The van der Waals surface area contributed by atoms with Crippen molar-refractivity contribution in [3.63, 3.8) is 0 Å². The molecule has 112 valence electrons. The molecule has 0 saturated heterocycles. The Morgan fingerprint density at radius 1 is 1.35 bits per heavy atom. The van der Waals surface area contributed by atoms with E-state index >= 15 is 0 Å². The highest BCUT2D eigenvalue weighted by Gasteiger charge is 2.23. The minimum atomic E-state index is -0.932. The molecule has 2 unspecified atom stereocenters. The van der Waals surface area contributed by atoms with Gasteiger partial charge in [0.15, 0.2) is 0 Å². The largest absolute Gasteiger partial charge is 0.497 e. The van der Waals surface area contributed by atoms with Gasteiger partial charge >= 0.3 is 5.97 Å². The first kappa shape index (κ1) is 16.5. The number of nitrogens with one attached hydrogen (secondary N) is 1. The first-order valence-electron chi connectivity index (χ1n) is 6.69. The van der Waals surface area contributed by atoms with Crippen LogP contribution in [0.5, 0.6) is 5.75 Å². The van der Waals surface area contributed by atoms with Crippen LogP contribution in [0.1, 0.15) is 36.1 Å². The minimum Gasteiger partial charge on any atom is -0.497 e. The molecule has 0 radical (unpaired) electrons. The van der Waals surface area contributed by atoms with Gasteiger partial charge in [-0.2, -0.15) is 0 Å². The van der Waals surface area contributed by atoms with Gasteiger partial charge in [-0.15, -0.1) is 0 Å². The number of rotatable bonds is 7. The second-order valence-corrected chi connectivity index (χ2v) is 4.91. The van der Waals surface area contributed by atoms with Crippen LogP contribution in [-0.2, 0) is 4.79 Å². The number of aliphatic carboxylic acids is 1. The number of aliphatic hydroxyl groups is 1. The number of carbonyl (C=O) groups is 1. The number of ether oxygens (including phenoxy) is 1. The average molecular weight is 281 g/mol. The quantitative estimate of drug-likeness (QED) is 0.710. The summed E-state index contributed by atoms with van der Waals surface area (Å²) < 4.78 is 5.20. The molecule has 0 aliphatic rings. The van der Waals surface area contributed by atoms with Crippen LogP contribution in [0.3, 0.4) is 0 Å². The molecule has 3 N–H and O–H groups in total. The molecule has 0 heterocycles. The van der Waals surface area contributed by atoms with E-state index in [9.17, 15) is 9.90 Å². The summed E-state index contributed by atoms with van der Waals surface area (Å²) in [7, 11) is 1.60. The van der Waals surface area contributed by atoms with Gasteiger partial charge in [0.1, 0.15) is 5.75 Å². The highest BCUT2D eigenvalue weighted by atomic mass is 16.5. The normalized spacial score (nSPS) is 13.8. The van der Waals surface area contributed by atoms with Gasteiger partial charge in [0, 0.05) is 6.04 Å². The van der Waals surface area contributed by atoms with Crippen LogP contribution in [0, 0.1) is 13.8 Å². The average Bonchev–Trinajstić information content (AvgIpc) is 2.38. The fourth-order valence-corrected chi connectivity index (χ4v) is 2.42. The van der Waals surface area contributed by atoms with Gasteiger partial charge < -0.3 is 20.3 Å². The van der Waals surface area contributed by atoms with Crippen molar-refractivity contribution in [2.45, 2.75) is 39.3 Å². The molecule has 0 amide bonds. The Morgan fingerprint density at radius 3 is 2.30 bits per heavy atom. The third kappa shape index (κ3) is 3.95. The van der Waals surface area contributed by atoms with E-state index in [0.29, 0.717) is 6.42 Å². The Morgan fingerprint density at radius 2 is 1.90 bits per heavy atom. The molecule has 1 aromatic carbocycles. The predicted octanol–water partition coefficient (Wildman–Crippen LogP) is 1.80. The van der Waals surface area contributed by atoms with Gasteiger partial charge in [-0.05, 0) is 49.1 Å². The molecule has 0 aromatic heterocycles. The molecule has 0 bridgehead atoms. The van der Waals surface area contributed by atoms with Crippen LogP contribution in [-0.4, -0.2) is 35.9 Å². The van der Waals surface area contributed by atoms with Crippen molar-refractivity contribution in [3.8, 4) is 5.75 Å². The highest BCUT2D eigenvalue weighted by molar-refractivity contribution is 5.69. The fourth-order valence-electron chi connectivity index (χ4n) is 2.42. The summed E-state index contributed by atoms with van der Waals surface area (Å²) in [6, 6.07) is 3.45. The number of methoxy groups -OCH3 is 1. The van der Waals surface area contributed by atoms with Gasteiger partial charge in [-0.25, -0.2) is 0 Å². The van der Waals surface area contributed by atoms with Gasteiger partial charge in [0.05, 0.1) is 19.8 Å². The molecule has 0 aliphatic carbocycles. The van der Waals surface area contributed by atoms with Gasteiger partial charge in [0.2, 0.25) is 0 Å². The second-order valence-electron chi connectivity index (χ2n) is 4.91. The van der Waals surface area contributed by atoms with E-state index in [0.717, 1.165) is 22.4 Å². The topological polar surface area (TPSA) is 78.8 Å². The molecular weight excluding hydrogens is 258 g/mol. The third-order valence-corrected chi connectivity index (χ3v) is 3.44. The number of aliphatic hydroxyl groups excluding tert-OH is 1. The van der Waals surface area contributed by atoms with Crippen molar-refractivity contribution < 1.29 is 19.7 Å². The Hall–Kier alpha value is -1.59. The van der Waals surface area contributed by atoms with Crippen LogP contribution in [0.2, 0.25) is 0 Å². The van der Waals surface area contributed by atoms with Crippen LogP contribution in [0.25, 0.3) is 0 Å². The van der Waals surface area contributed by atoms with E-state index in [1.165, 1.54) is 0 Å². The lowest BCUT2D eigenvalue weighted by molar-refractivity contribution is -0.136. The zero-order valence-electron chi connectivity index (χ0n) is 12.4. The van der Waals surface area contributed by atoms with Crippen molar-refractivity contribution in [2.24, 2.45) is 0 Å². The standard InChI is InChI=1S/C15H23NO4/c1-5-12(16-8-13(17)18)15(19)14-9(2)6-11(20-4)7-10(14)3/h6-7,12,15-16,19H,5,8H2,1-4H3,(H,17,18). The van der Waals surface area contributed by atoms with E-state index in [4.69, 9.17) is 9.84 Å². The molecule has 2 atom stereocenters. The minimum absolute atomic E-state index is 0.163. The zero-order chi connectivity index (χ0) is 15.3. The van der Waals surface area contributed by atoms with E-state index in [1.807, 2.05) is 32.9 Å². The lowest BCUT2D eigenvalue weighted by Crippen LogP contribution is -2.38. The molecule has 20 heavy (non-hydrogen) atoms. The predicted molar refractivity (Wildman–Crippen MR) is 77.1 cm³/mol. The van der Waals surface area contributed by atoms with E-state index in [-0.39, 0.29) is 12.6 Å². The number of carboxylic acids is 1. The van der Waals surface area contributed by atoms with Crippen molar-refractivity contribution in [3.05, 3.63) is 28.8 Å². The molecule has 0 saturated carbocycles. The first-order chi connectivity index (χ1) is 9.40. The maximum absolute atomic E-state index is 10.6. The monoisotopic (exact) mass is 281 g/mol. The van der Waals surface area contributed by atoms with Crippen molar-refractivity contribution in [2.75, 3.05) is 13.7 Å². The summed E-state index contributed by atoms with van der Waals surface area (Å²) in [5, 5.41) is 22.1. The van der Waals surface area contributed by atoms with Crippen LogP contribution < -0.4 is 10.1 Å². The van der Waals surface area contributed by atoms with Crippen LogP contribution in [0.15, 0.2) is 12.1 Å². The summed E-state index contributed by atoms with van der Waals surface area (Å²) in [6.45, 7) is 5.58. The maximum Gasteiger partial charge on any atom is 0.317 e.